The monoisotopic (exact) mass is 349 g/mol. The van der Waals surface area contributed by atoms with E-state index in [0.29, 0.717) is 11.6 Å². The highest BCUT2D eigenvalue weighted by molar-refractivity contribution is 5.95. The standard InChI is InChI=1S/C20H23N5O/c21-20(26)13-6-8-15(9-7-13)24-19-10-16-17(11-22-12-18(16)25-19)23-14-4-2-1-3-5-14/h6-12,14,23-25H,1-5H2,(H2,21,26). The summed E-state index contributed by atoms with van der Waals surface area (Å²) >= 11 is 0. The Morgan fingerprint density at radius 1 is 1.12 bits per heavy atom. The van der Waals surface area contributed by atoms with Gasteiger partial charge >= 0.3 is 0 Å². The summed E-state index contributed by atoms with van der Waals surface area (Å²) in [5.41, 5.74) is 8.72. The molecule has 0 saturated heterocycles. The van der Waals surface area contributed by atoms with Crippen LogP contribution >= 0.6 is 0 Å². The number of primary amides is 1. The van der Waals surface area contributed by atoms with Crippen LogP contribution in [0.1, 0.15) is 42.5 Å². The number of carbonyl (C=O) groups is 1. The summed E-state index contributed by atoms with van der Waals surface area (Å²) in [6.45, 7) is 0. The van der Waals surface area contributed by atoms with Gasteiger partial charge in [-0.2, -0.15) is 0 Å². The molecule has 2 heterocycles. The lowest BCUT2D eigenvalue weighted by Gasteiger charge is -2.23. The number of nitrogens with two attached hydrogens (primary N) is 1. The summed E-state index contributed by atoms with van der Waals surface area (Å²) in [7, 11) is 0. The summed E-state index contributed by atoms with van der Waals surface area (Å²) in [4.78, 5) is 18.9. The molecule has 0 aliphatic heterocycles. The predicted octanol–water partition coefficient (Wildman–Crippen LogP) is 4.15. The first-order valence-electron chi connectivity index (χ1n) is 9.09. The number of fused-ring (bicyclic) bond motifs is 1. The topological polar surface area (TPSA) is 95.8 Å². The van der Waals surface area contributed by atoms with Crippen molar-refractivity contribution in [1.82, 2.24) is 9.97 Å². The second kappa shape index (κ2) is 7.07. The van der Waals surface area contributed by atoms with Gasteiger partial charge in [0.15, 0.2) is 0 Å². The number of nitrogens with one attached hydrogen (secondary N) is 3. The number of pyridine rings is 1. The van der Waals surface area contributed by atoms with E-state index in [2.05, 4.69) is 26.7 Å². The second-order valence-corrected chi connectivity index (χ2v) is 6.88. The summed E-state index contributed by atoms with van der Waals surface area (Å²) in [5.74, 6) is 0.457. The van der Waals surface area contributed by atoms with E-state index in [0.717, 1.165) is 28.1 Å². The average Bonchev–Trinajstić information content (AvgIpc) is 3.06. The third-order valence-electron chi connectivity index (χ3n) is 4.96. The van der Waals surface area contributed by atoms with E-state index in [9.17, 15) is 4.79 Å². The number of hydrogen-bond acceptors (Lipinski definition) is 4. The number of anilines is 3. The lowest BCUT2D eigenvalue weighted by Crippen LogP contribution is -2.22. The van der Waals surface area contributed by atoms with Crippen molar-refractivity contribution in [3.05, 3.63) is 48.3 Å². The maximum absolute atomic E-state index is 11.2. The van der Waals surface area contributed by atoms with Crippen molar-refractivity contribution in [1.29, 1.82) is 0 Å². The quantitative estimate of drug-likeness (QED) is 0.556. The lowest BCUT2D eigenvalue weighted by atomic mass is 9.95. The number of amides is 1. The number of nitrogens with zero attached hydrogens (tertiary/aromatic N) is 1. The number of carbonyl (C=O) groups excluding carboxylic acids is 1. The van der Waals surface area contributed by atoms with Gasteiger partial charge in [0.2, 0.25) is 5.91 Å². The highest BCUT2D eigenvalue weighted by Crippen LogP contribution is 2.29. The van der Waals surface area contributed by atoms with Gasteiger partial charge in [-0.1, -0.05) is 19.3 Å². The Balaban J connectivity index is 1.55. The smallest absolute Gasteiger partial charge is 0.248 e. The third kappa shape index (κ3) is 3.49. The molecule has 0 unspecified atom stereocenters. The van der Waals surface area contributed by atoms with Crippen LogP contribution in [0.2, 0.25) is 0 Å². The molecule has 1 fully saturated rings. The Morgan fingerprint density at radius 2 is 1.88 bits per heavy atom. The SMILES string of the molecule is NC(=O)c1ccc(Nc2cc3c(NC4CCCCC4)cncc3[nH]2)cc1. The van der Waals surface area contributed by atoms with E-state index in [1.165, 1.54) is 32.1 Å². The molecule has 4 rings (SSSR count). The van der Waals surface area contributed by atoms with Crippen LogP contribution in [0.3, 0.4) is 0 Å². The molecule has 1 aliphatic rings. The molecule has 5 N–H and O–H groups in total. The highest BCUT2D eigenvalue weighted by Gasteiger charge is 2.15. The molecule has 2 aromatic heterocycles. The van der Waals surface area contributed by atoms with Gasteiger partial charge in [0, 0.05) is 22.7 Å². The Kier molecular flexibility index (Phi) is 4.48. The van der Waals surface area contributed by atoms with Crippen molar-refractivity contribution in [2.75, 3.05) is 10.6 Å². The van der Waals surface area contributed by atoms with E-state index in [1.807, 2.05) is 24.5 Å². The maximum atomic E-state index is 11.2. The van der Waals surface area contributed by atoms with Crippen LogP contribution < -0.4 is 16.4 Å². The van der Waals surface area contributed by atoms with Crippen molar-refractivity contribution in [2.45, 2.75) is 38.1 Å². The number of aromatic amines is 1. The van der Waals surface area contributed by atoms with E-state index >= 15 is 0 Å². The first-order valence-corrected chi connectivity index (χ1v) is 9.09. The van der Waals surface area contributed by atoms with Gasteiger partial charge in [-0.05, 0) is 43.2 Å². The van der Waals surface area contributed by atoms with Crippen LogP contribution in [0.4, 0.5) is 17.2 Å². The Labute approximate surface area is 152 Å². The molecular weight excluding hydrogens is 326 g/mol. The van der Waals surface area contributed by atoms with Gasteiger partial charge in [0.05, 0.1) is 23.6 Å². The molecule has 1 amide bonds. The van der Waals surface area contributed by atoms with Crippen LogP contribution in [0.25, 0.3) is 10.9 Å². The minimum absolute atomic E-state index is 0.424. The molecule has 0 spiro atoms. The van der Waals surface area contributed by atoms with Crippen molar-refractivity contribution in [3.63, 3.8) is 0 Å². The number of aromatic nitrogens is 2. The van der Waals surface area contributed by atoms with E-state index in [1.54, 1.807) is 12.1 Å². The normalized spacial score (nSPS) is 15.1. The molecule has 26 heavy (non-hydrogen) atoms. The van der Waals surface area contributed by atoms with Crippen molar-refractivity contribution >= 4 is 34.0 Å². The Morgan fingerprint density at radius 3 is 2.62 bits per heavy atom. The van der Waals surface area contributed by atoms with Crippen LogP contribution in [-0.2, 0) is 0 Å². The largest absolute Gasteiger partial charge is 0.381 e. The first kappa shape index (κ1) is 16.4. The molecule has 134 valence electrons. The van der Waals surface area contributed by atoms with Crippen molar-refractivity contribution < 1.29 is 4.79 Å². The molecule has 0 atom stereocenters. The Bertz CT molecular complexity index is 910. The molecule has 1 saturated carbocycles. The minimum atomic E-state index is -0.424. The number of H-pyrrole nitrogens is 1. The molecule has 0 radical (unpaired) electrons. The lowest BCUT2D eigenvalue weighted by molar-refractivity contribution is 0.100. The average molecular weight is 349 g/mol. The van der Waals surface area contributed by atoms with Crippen LogP contribution in [-0.4, -0.2) is 21.9 Å². The van der Waals surface area contributed by atoms with E-state index in [-0.39, 0.29) is 0 Å². The van der Waals surface area contributed by atoms with Crippen LogP contribution in [0.15, 0.2) is 42.7 Å². The van der Waals surface area contributed by atoms with Crippen molar-refractivity contribution in [3.8, 4) is 0 Å². The summed E-state index contributed by atoms with van der Waals surface area (Å²) in [6, 6.07) is 9.72. The zero-order valence-electron chi connectivity index (χ0n) is 14.6. The zero-order valence-corrected chi connectivity index (χ0v) is 14.6. The Hall–Kier alpha value is -3.02. The van der Waals surface area contributed by atoms with Gasteiger partial charge in [-0.3, -0.25) is 9.78 Å². The second-order valence-electron chi connectivity index (χ2n) is 6.88. The van der Waals surface area contributed by atoms with E-state index in [4.69, 9.17) is 5.73 Å². The van der Waals surface area contributed by atoms with E-state index < -0.39 is 5.91 Å². The van der Waals surface area contributed by atoms with Crippen LogP contribution in [0.5, 0.6) is 0 Å². The van der Waals surface area contributed by atoms with Gasteiger partial charge < -0.3 is 21.4 Å². The zero-order chi connectivity index (χ0) is 17.9. The third-order valence-corrected chi connectivity index (χ3v) is 4.96. The summed E-state index contributed by atoms with van der Waals surface area (Å²) in [6.07, 6.45) is 10.1. The van der Waals surface area contributed by atoms with Gasteiger partial charge in [-0.25, -0.2) is 0 Å². The fourth-order valence-corrected chi connectivity index (χ4v) is 3.57. The van der Waals surface area contributed by atoms with Crippen LogP contribution in [0, 0.1) is 0 Å². The fraction of sp³-hybridized carbons (Fsp3) is 0.300. The van der Waals surface area contributed by atoms with Crippen molar-refractivity contribution in [2.24, 2.45) is 5.73 Å². The van der Waals surface area contributed by atoms with Gasteiger partial charge in [-0.15, -0.1) is 0 Å². The molecule has 1 aromatic carbocycles. The molecule has 1 aliphatic carbocycles. The number of hydrogen-bond donors (Lipinski definition) is 4. The number of rotatable bonds is 5. The minimum Gasteiger partial charge on any atom is -0.381 e. The van der Waals surface area contributed by atoms with Gasteiger partial charge in [0.1, 0.15) is 5.82 Å². The summed E-state index contributed by atoms with van der Waals surface area (Å²) < 4.78 is 0. The van der Waals surface area contributed by atoms with Gasteiger partial charge in [0.25, 0.3) is 0 Å². The summed E-state index contributed by atoms with van der Waals surface area (Å²) in [5, 5.41) is 8.11. The highest BCUT2D eigenvalue weighted by atomic mass is 16.1. The maximum Gasteiger partial charge on any atom is 0.248 e. The molecule has 0 bridgehead atoms. The number of benzene rings is 1. The first-order chi connectivity index (χ1) is 12.7. The molecule has 6 nitrogen and oxygen atoms in total. The fourth-order valence-electron chi connectivity index (χ4n) is 3.57. The molecule has 6 heteroatoms. The molecular formula is C20H23N5O. The predicted molar refractivity (Wildman–Crippen MR) is 105 cm³/mol. The molecule has 3 aromatic rings.